The number of aromatic nitrogens is 1. The van der Waals surface area contributed by atoms with E-state index < -0.39 is 0 Å². The van der Waals surface area contributed by atoms with Gasteiger partial charge in [0.1, 0.15) is 0 Å². The third-order valence-electron chi connectivity index (χ3n) is 3.09. The van der Waals surface area contributed by atoms with E-state index in [0.29, 0.717) is 6.04 Å². The van der Waals surface area contributed by atoms with Gasteiger partial charge in [-0.2, -0.15) is 0 Å². The molecule has 1 aromatic carbocycles. The lowest BCUT2D eigenvalue weighted by Crippen LogP contribution is -2.03. The van der Waals surface area contributed by atoms with Crippen LogP contribution in [0.15, 0.2) is 48.8 Å². The minimum atomic E-state index is 0.571. The van der Waals surface area contributed by atoms with E-state index in [9.17, 15) is 0 Å². The van der Waals surface area contributed by atoms with Crippen molar-refractivity contribution in [1.29, 1.82) is 0 Å². The molecule has 3 rings (SSSR count). The quantitative estimate of drug-likeness (QED) is 0.640. The lowest BCUT2D eigenvalue weighted by molar-refractivity contribution is 0.583. The molecule has 0 fully saturated rings. The van der Waals surface area contributed by atoms with E-state index in [1.165, 1.54) is 24.0 Å². The predicted octanol–water partition coefficient (Wildman–Crippen LogP) is 3.02. The van der Waals surface area contributed by atoms with Crippen LogP contribution in [0.2, 0.25) is 0 Å². The van der Waals surface area contributed by atoms with Crippen molar-refractivity contribution in [1.82, 2.24) is 4.57 Å². The maximum atomic E-state index is 2.31. The van der Waals surface area contributed by atoms with Crippen LogP contribution in [-0.4, -0.2) is 4.57 Å². The Morgan fingerprint density at radius 2 is 1.79 bits per heavy atom. The summed E-state index contributed by atoms with van der Waals surface area (Å²) in [6.07, 6.45) is 6.78. The minimum absolute atomic E-state index is 0.571. The molecular formula is C13H13N. The zero-order chi connectivity index (χ0) is 9.38. The van der Waals surface area contributed by atoms with E-state index in [1.807, 2.05) is 0 Å². The molecule has 1 aliphatic carbocycles. The third-order valence-corrected chi connectivity index (χ3v) is 3.09. The molecule has 1 aromatic heterocycles. The Balaban J connectivity index is 2.06. The zero-order valence-electron chi connectivity index (χ0n) is 8.06. The van der Waals surface area contributed by atoms with Crippen LogP contribution < -0.4 is 0 Å². The molecule has 0 radical (unpaired) electrons. The molecule has 1 aliphatic rings. The molecule has 1 nitrogen and oxygen atoms in total. The number of hydrogen-bond donors (Lipinski definition) is 0. The molecule has 1 heterocycles. The first kappa shape index (κ1) is 7.86. The summed E-state index contributed by atoms with van der Waals surface area (Å²) in [6, 6.07) is 13.5. The van der Waals surface area contributed by atoms with Crippen molar-refractivity contribution in [2.45, 2.75) is 18.9 Å². The van der Waals surface area contributed by atoms with Crippen LogP contribution in [0.5, 0.6) is 0 Å². The normalized spacial score (nSPS) is 19.6. The van der Waals surface area contributed by atoms with E-state index in [2.05, 4.69) is 53.4 Å². The van der Waals surface area contributed by atoms with Crippen LogP contribution in [-0.2, 0) is 6.42 Å². The third kappa shape index (κ3) is 1.09. The van der Waals surface area contributed by atoms with Crippen molar-refractivity contribution in [2.75, 3.05) is 0 Å². The van der Waals surface area contributed by atoms with E-state index in [4.69, 9.17) is 0 Å². The molecule has 0 aliphatic heterocycles. The molecule has 1 heteroatoms. The predicted molar refractivity (Wildman–Crippen MR) is 57.3 cm³/mol. The summed E-state index contributed by atoms with van der Waals surface area (Å²) in [7, 11) is 0. The van der Waals surface area contributed by atoms with Gasteiger partial charge in [-0.15, -0.1) is 0 Å². The highest BCUT2D eigenvalue weighted by Gasteiger charge is 2.22. The maximum Gasteiger partial charge on any atom is 0.0585 e. The van der Waals surface area contributed by atoms with Gasteiger partial charge in [0.25, 0.3) is 0 Å². The summed E-state index contributed by atoms with van der Waals surface area (Å²) < 4.78 is 2.31. The molecule has 2 aromatic rings. The standard InChI is InChI=1S/C13H13N/c1-2-6-12-11(5-1)7-8-13(12)14-9-3-4-10-14/h1-6,9-10,13H,7-8H2. The van der Waals surface area contributed by atoms with Crippen molar-refractivity contribution in [2.24, 2.45) is 0 Å². The van der Waals surface area contributed by atoms with Crippen LogP contribution in [0.3, 0.4) is 0 Å². The Morgan fingerprint density at radius 1 is 1.00 bits per heavy atom. The van der Waals surface area contributed by atoms with Crippen LogP contribution in [0.25, 0.3) is 0 Å². The average molecular weight is 183 g/mol. The van der Waals surface area contributed by atoms with Crippen molar-refractivity contribution >= 4 is 0 Å². The van der Waals surface area contributed by atoms with E-state index in [-0.39, 0.29) is 0 Å². The molecule has 14 heavy (non-hydrogen) atoms. The summed E-state index contributed by atoms with van der Waals surface area (Å²) in [5, 5.41) is 0. The van der Waals surface area contributed by atoms with E-state index in [0.717, 1.165) is 0 Å². The number of rotatable bonds is 1. The van der Waals surface area contributed by atoms with Gasteiger partial charge in [0.15, 0.2) is 0 Å². The van der Waals surface area contributed by atoms with Crippen molar-refractivity contribution in [3.8, 4) is 0 Å². The largest absolute Gasteiger partial charge is 0.347 e. The first-order valence-electron chi connectivity index (χ1n) is 5.15. The van der Waals surface area contributed by atoms with Gasteiger partial charge >= 0.3 is 0 Å². The summed E-state index contributed by atoms with van der Waals surface area (Å²) in [5.74, 6) is 0. The highest BCUT2D eigenvalue weighted by molar-refractivity contribution is 5.35. The van der Waals surface area contributed by atoms with Gasteiger partial charge in [-0.05, 0) is 36.1 Å². The number of nitrogens with zero attached hydrogens (tertiary/aromatic N) is 1. The molecule has 0 spiro atoms. The van der Waals surface area contributed by atoms with Gasteiger partial charge in [-0.3, -0.25) is 0 Å². The lowest BCUT2D eigenvalue weighted by atomic mass is 10.1. The van der Waals surface area contributed by atoms with E-state index >= 15 is 0 Å². The Bertz CT molecular complexity index is 428. The SMILES string of the molecule is c1ccc2c(c1)CCC2n1cccc1. The Kier molecular flexibility index (Phi) is 1.69. The molecule has 0 amide bonds. The molecule has 70 valence electrons. The minimum Gasteiger partial charge on any atom is -0.347 e. The number of aryl methyl sites for hydroxylation is 1. The Labute approximate surface area is 84.0 Å². The van der Waals surface area contributed by atoms with Gasteiger partial charge < -0.3 is 4.57 Å². The highest BCUT2D eigenvalue weighted by Crippen LogP contribution is 2.33. The summed E-state index contributed by atoms with van der Waals surface area (Å²) >= 11 is 0. The fourth-order valence-electron chi connectivity index (χ4n) is 2.40. The van der Waals surface area contributed by atoms with Crippen molar-refractivity contribution in [3.63, 3.8) is 0 Å². The Morgan fingerprint density at radius 3 is 2.64 bits per heavy atom. The topological polar surface area (TPSA) is 4.93 Å². The van der Waals surface area contributed by atoms with Gasteiger partial charge in [0.2, 0.25) is 0 Å². The second kappa shape index (κ2) is 3.02. The van der Waals surface area contributed by atoms with Crippen molar-refractivity contribution in [3.05, 3.63) is 59.9 Å². The monoisotopic (exact) mass is 183 g/mol. The zero-order valence-corrected chi connectivity index (χ0v) is 8.06. The number of fused-ring (bicyclic) bond motifs is 1. The maximum absolute atomic E-state index is 2.31. The van der Waals surface area contributed by atoms with Crippen LogP contribution >= 0.6 is 0 Å². The average Bonchev–Trinajstić information content (AvgIpc) is 2.85. The molecule has 0 bridgehead atoms. The summed E-state index contributed by atoms with van der Waals surface area (Å²) in [6.45, 7) is 0. The second-order valence-corrected chi connectivity index (χ2v) is 3.88. The van der Waals surface area contributed by atoms with Crippen molar-refractivity contribution < 1.29 is 0 Å². The lowest BCUT2D eigenvalue weighted by Gasteiger charge is -2.13. The fourth-order valence-corrected chi connectivity index (χ4v) is 2.40. The van der Waals surface area contributed by atoms with Gasteiger partial charge in [-0.1, -0.05) is 24.3 Å². The molecule has 0 saturated carbocycles. The highest BCUT2D eigenvalue weighted by atomic mass is 15.0. The number of benzene rings is 1. The smallest absolute Gasteiger partial charge is 0.0585 e. The van der Waals surface area contributed by atoms with Crippen LogP contribution in [0.1, 0.15) is 23.6 Å². The van der Waals surface area contributed by atoms with Crippen LogP contribution in [0, 0.1) is 0 Å². The molecule has 1 unspecified atom stereocenters. The van der Waals surface area contributed by atoms with Gasteiger partial charge in [-0.25, -0.2) is 0 Å². The Hall–Kier alpha value is -1.50. The summed E-state index contributed by atoms with van der Waals surface area (Å²) in [4.78, 5) is 0. The van der Waals surface area contributed by atoms with Gasteiger partial charge in [0.05, 0.1) is 6.04 Å². The summed E-state index contributed by atoms with van der Waals surface area (Å²) in [5.41, 5.74) is 3.02. The molecular weight excluding hydrogens is 170 g/mol. The van der Waals surface area contributed by atoms with Gasteiger partial charge in [0, 0.05) is 12.4 Å². The first-order valence-corrected chi connectivity index (χ1v) is 5.15. The second-order valence-electron chi connectivity index (χ2n) is 3.88. The number of hydrogen-bond acceptors (Lipinski definition) is 0. The van der Waals surface area contributed by atoms with Crippen LogP contribution in [0.4, 0.5) is 0 Å². The van der Waals surface area contributed by atoms with E-state index in [1.54, 1.807) is 0 Å². The first-order chi connectivity index (χ1) is 6.95. The molecule has 1 atom stereocenters. The fraction of sp³-hybridized carbons (Fsp3) is 0.231. The molecule has 0 N–H and O–H groups in total. The molecule has 0 saturated heterocycles.